The number of hydrogen-bond acceptors (Lipinski definition) is 2. The Morgan fingerprint density at radius 3 is 2.83 bits per heavy atom. The highest BCUT2D eigenvalue weighted by molar-refractivity contribution is 5.93. The van der Waals surface area contributed by atoms with E-state index < -0.39 is 6.03 Å². The maximum absolute atomic E-state index is 11.1. The molecule has 1 atom stereocenters. The number of nitrogens with two attached hydrogens (primary N) is 1. The number of H-pyrrole nitrogens is 1. The lowest BCUT2D eigenvalue weighted by Crippen LogP contribution is -2.32. The number of carbonyl (C=O) groups is 1. The lowest BCUT2D eigenvalue weighted by atomic mass is 9.91. The van der Waals surface area contributed by atoms with Crippen LogP contribution in [0.25, 0.3) is 10.9 Å². The molecule has 0 saturated carbocycles. The third-order valence-corrected chi connectivity index (χ3v) is 4.31. The number of rotatable bonds is 3. The summed E-state index contributed by atoms with van der Waals surface area (Å²) in [7, 11) is 0. The van der Waals surface area contributed by atoms with Gasteiger partial charge in [0.1, 0.15) is 0 Å². The summed E-state index contributed by atoms with van der Waals surface area (Å²) in [4.78, 5) is 16.8. The van der Waals surface area contributed by atoms with E-state index in [1.54, 1.807) is 0 Å². The maximum atomic E-state index is 11.1. The summed E-state index contributed by atoms with van der Waals surface area (Å²) in [6, 6.07) is 5.28. The molecule has 2 amide bonds. The van der Waals surface area contributed by atoms with Gasteiger partial charge in [-0.15, -0.1) is 0 Å². The number of fused-ring (bicyclic) bond motifs is 1. The second-order valence-electron chi connectivity index (χ2n) is 7.76. The van der Waals surface area contributed by atoms with Gasteiger partial charge < -0.3 is 20.9 Å². The van der Waals surface area contributed by atoms with E-state index in [0.717, 1.165) is 36.1 Å². The average Bonchev–Trinajstić information content (AvgIpc) is 2.89. The first-order valence-corrected chi connectivity index (χ1v) is 8.42. The number of hydrogen-bond donors (Lipinski definition) is 3. The normalized spacial score (nSPS) is 18.1. The first kappa shape index (κ1) is 16.4. The second-order valence-corrected chi connectivity index (χ2v) is 7.76. The zero-order valence-corrected chi connectivity index (χ0v) is 14.6. The molecule has 24 heavy (non-hydrogen) atoms. The Kier molecular flexibility index (Phi) is 4.26. The molecule has 2 heterocycles. The van der Waals surface area contributed by atoms with Crippen LogP contribution in [0.5, 0.6) is 0 Å². The molecule has 3 rings (SSSR count). The number of primary amides is 1. The van der Waals surface area contributed by atoms with Crippen molar-refractivity contribution in [3.63, 3.8) is 0 Å². The summed E-state index contributed by atoms with van der Waals surface area (Å²) >= 11 is 0. The van der Waals surface area contributed by atoms with Crippen molar-refractivity contribution in [1.29, 1.82) is 0 Å². The van der Waals surface area contributed by atoms with E-state index in [4.69, 9.17) is 5.73 Å². The number of allylic oxidation sites excluding steroid dienone is 1. The molecule has 0 aliphatic carbocycles. The number of nitrogens with one attached hydrogen (secondary N) is 2. The molecular weight excluding hydrogens is 300 g/mol. The van der Waals surface area contributed by atoms with Crippen molar-refractivity contribution in [2.24, 2.45) is 11.1 Å². The van der Waals surface area contributed by atoms with Crippen LogP contribution >= 0.6 is 0 Å². The number of nitrogens with zero attached hydrogens (tertiary/aromatic N) is 1. The first-order valence-electron chi connectivity index (χ1n) is 8.42. The molecule has 1 aromatic heterocycles. The molecule has 0 saturated heterocycles. The van der Waals surface area contributed by atoms with Crippen molar-refractivity contribution in [2.45, 2.75) is 33.1 Å². The van der Waals surface area contributed by atoms with Crippen molar-refractivity contribution in [3.05, 3.63) is 42.2 Å². The molecule has 1 unspecified atom stereocenters. The number of aromatic amines is 1. The van der Waals surface area contributed by atoms with Crippen molar-refractivity contribution in [3.8, 4) is 0 Å². The average molecular weight is 326 g/mol. The third kappa shape index (κ3) is 3.72. The number of aromatic nitrogens is 1. The molecule has 1 aliphatic rings. The van der Waals surface area contributed by atoms with E-state index in [1.807, 2.05) is 18.2 Å². The number of urea groups is 1. The summed E-state index contributed by atoms with van der Waals surface area (Å²) in [6.07, 6.45) is 7.68. The van der Waals surface area contributed by atoms with E-state index in [-0.39, 0.29) is 0 Å². The maximum Gasteiger partial charge on any atom is 0.316 e. The largest absolute Gasteiger partial charge is 0.377 e. The fourth-order valence-corrected chi connectivity index (χ4v) is 3.37. The van der Waals surface area contributed by atoms with Crippen LogP contribution in [0.2, 0.25) is 0 Å². The van der Waals surface area contributed by atoms with Crippen molar-refractivity contribution >= 4 is 22.6 Å². The Labute approximate surface area is 142 Å². The van der Waals surface area contributed by atoms with Crippen LogP contribution in [0.1, 0.15) is 38.7 Å². The quantitative estimate of drug-likeness (QED) is 0.797. The van der Waals surface area contributed by atoms with E-state index in [2.05, 4.69) is 54.4 Å². The van der Waals surface area contributed by atoms with Gasteiger partial charge in [-0.2, -0.15) is 0 Å². The van der Waals surface area contributed by atoms with Gasteiger partial charge in [0.05, 0.1) is 0 Å². The molecule has 1 aliphatic heterocycles. The molecule has 1 aromatic carbocycles. The third-order valence-electron chi connectivity index (χ3n) is 4.31. The van der Waals surface area contributed by atoms with E-state index in [9.17, 15) is 4.79 Å². The standard InChI is InChI=1S/C19H26N4O/c1-19(2,3)12-23-8-6-13(7-9-23)16-11-21-17-5-4-14(10-15(16)17)22-18(20)24/h4-6,8,10-11,13,21H,7,9,12H2,1-3H3,(H3,20,22,24). The van der Waals surface area contributed by atoms with Gasteiger partial charge in [-0.1, -0.05) is 26.8 Å². The molecule has 0 radical (unpaired) electrons. The summed E-state index contributed by atoms with van der Waals surface area (Å²) in [6.45, 7) is 8.92. The molecular formula is C19H26N4O. The Balaban J connectivity index is 1.82. The van der Waals surface area contributed by atoms with E-state index >= 15 is 0 Å². The number of amides is 2. The topological polar surface area (TPSA) is 74.2 Å². The summed E-state index contributed by atoms with van der Waals surface area (Å²) in [5.41, 5.74) is 8.58. The molecule has 5 heteroatoms. The highest BCUT2D eigenvalue weighted by atomic mass is 16.2. The van der Waals surface area contributed by atoms with Crippen LogP contribution in [0, 0.1) is 5.41 Å². The van der Waals surface area contributed by atoms with Gasteiger partial charge in [0.25, 0.3) is 0 Å². The van der Waals surface area contributed by atoms with Gasteiger partial charge in [0, 0.05) is 41.8 Å². The van der Waals surface area contributed by atoms with Crippen LogP contribution in [0.4, 0.5) is 10.5 Å². The summed E-state index contributed by atoms with van der Waals surface area (Å²) in [5, 5.41) is 3.79. The predicted molar refractivity (Wildman–Crippen MR) is 99.0 cm³/mol. The highest BCUT2D eigenvalue weighted by Crippen LogP contribution is 2.33. The zero-order valence-electron chi connectivity index (χ0n) is 14.6. The van der Waals surface area contributed by atoms with Crippen LogP contribution in [0.3, 0.4) is 0 Å². The van der Waals surface area contributed by atoms with Gasteiger partial charge in [0.15, 0.2) is 0 Å². The number of carbonyl (C=O) groups excluding carboxylic acids is 1. The monoisotopic (exact) mass is 326 g/mol. The predicted octanol–water partition coefficient (Wildman–Crippen LogP) is 4.01. The fraction of sp³-hybridized carbons (Fsp3) is 0.421. The Morgan fingerprint density at radius 2 is 2.21 bits per heavy atom. The Bertz CT molecular complexity index is 769. The SMILES string of the molecule is CC(C)(C)CN1C=CC(c2c[nH]c3ccc(NC(N)=O)cc23)CC1. The van der Waals surface area contributed by atoms with Crippen LogP contribution in [-0.2, 0) is 0 Å². The summed E-state index contributed by atoms with van der Waals surface area (Å²) in [5.74, 6) is 0.388. The number of benzene rings is 1. The minimum absolute atomic E-state index is 0.299. The first-order chi connectivity index (χ1) is 11.3. The van der Waals surface area contributed by atoms with Gasteiger partial charge in [0.2, 0.25) is 0 Å². The van der Waals surface area contributed by atoms with Crippen LogP contribution in [-0.4, -0.2) is 29.0 Å². The fourth-order valence-electron chi connectivity index (χ4n) is 3.37. The second kappa shape index (κ2) is 6.23. The van der Waals surface area contributed by atoms with Gasteiger partial charge in [-0.25, -0.2) is 4.79 Å². The highest BCUT2D eigenvalue weighted by Gasteiger charge is 2.21. The Hall–Kier alpha value is -2.43. The van der Waals surface area contributed by atoms with E-state index in [0.29, 0.717) is 11.3 Å². The Morgan fingerprint density at radius 1 is 1.42 bits per heavy atom. The molecule has 0 fully saturated rings. The molecule has 128 valence electrons. The lowest BCUT2D eigenvalue weighted by molar-refractivity contribution is 0.238. The molecule has 5 nitrogen and oxygen atoms in total. The van der Waals surface area contributed by atoms with Crippen molar-refractivity contribution in [2.75, 3.05) is 18.4 Å². The van der Waals surface area contributed by atoms with E-state index in [1.165, 1.54) is 5.56 Å². The van der Waals surface area contributed by atoms with Crippen LogP contribution in [0.15, 0.2) is 36.7 Å². The van der Waals surface area contributed by atoms with Gasteiger partial charge >= 0.3 is 6.03 Å². The van der Waals surface area contributed by atoms with Gasteiger partial charge in [-0.3, -0.25) is 0 Å². The lowest BCUT2D eigenvalue weighted by Gasteiger charge is -2.33. The number of anilines is 1. The smallest absolute Gasteiger partial charge is 0.316 e. The summed E-state index contributed by atoms with van der Waals surface area (Å²) < 4.78 is 0. The minimum Gasteiger partial charge on any atom is -0.377 e. The van der Waals surface area contributed by atoms with Crippen molar-refractivity contribution < 1.29 is 4.79 Å². The molecule has 2 aromatic rings. The van der Waals surface area contributed by atoms with Gasteiger partial charge in [-0.05, 0) is 41.8 Å². The minimum atomic E-state index is -0.540. The van der Waals surface area contributed by atoms with Crippen LogP contribution < -0.4 is 11.1 Å². The molecule has 4 N–H and O–H groups in total. The molecule has 0 bridgehead atoms. The zero-order chi connectivity index (χ0) is 17.3. The molecule has 0 spiro atoms. The van der Waals surface area contributed by atoms with Crippen molar-refractivity contribution in [1.82, 2.24) is 9.88 Å².